The highest BCUT2D eigenvalue weighted by atomic mass is 16.6. The number of allylic oxidation sites excluding steroid dienone is 1. The van der Waals surface area contributed by atoms with E-state index in [1.54, 1.807) is 12.1 Å². The Morgan fingerprint density at radius 3 is 2.81 bits per heavy atom. The van der Waals surface area contributed by atoms with Crippen LogP contribution in [0.4, 0.5) is 5.69 Å². The molecule has 26 heavy (non-hydrogen) atoms. The van der Waals surface area contributed by atoms with Gasteiger partial charge in [0.25, 0.3) is 0 Å². The molecule has 0 aliphatic heterocycles. The van der Waals surface area contributed by atoms with Crippen LogP contribution in [0.5, 0.6) is 5.75 Å². The third kappa shape index (κ3) is 3.00. The van der Waals surface area contributed by atoms with E-state index < -0.39 is 4.92 Å². The maximum Gasteiger partial charge on any atom is 0.311 e. The molecule has 0 radical (unpaired) electrons. The van der Waals surface area contributed by atoms with E-state index in [9.17, 15) is 15.4 Å². The number of nitro benzene ring substituents is 1. The largest absolute Gasteiger partial charge is 0.490 e. The fourth-order valence-corrected chi connectivity index (χ4v) is 2.85. The number of aryl methyl sites for hydroxylation is 1. The highest BCUT2D eigenvalue weighted by Crippen LogP contribution is 2.30. The first kappa shape index (κ1) is 17.2. The SMILES string of the molecule is CCn1c(/C(C#N)=C\c2ccc(OC)c([N+](=O)[O-])c2)nc2ccccc21. The molecule has 3 aromatic rings. The third-order valence-electron chi connectivity index (χ3n) is 4.04. The minimum absolute atomic E-state index is 0.150. The zero-order valence-corrected chi connectivity index (χ0v) is 14.3. The van der Waals surface area contributed by atoms with Crippen molar-refractivity contribution in [2.45, 2.75) is 13.5 Å². The number of nitriles is 1. The summed E-state index contributed by atoms with van der Waals surface area (Å²) in [4.78, 5) is 15.2. The molecule has 1 aromatic heterocycles. The number of nitrogens with zero attached hydrogens (tertiary/aromatic N) is 4. The van der Waals surface area contributed by atoms with E-state index >= 15 is 0 Å². The van der Waals surface area contributed by atoms with Crippen LogP contribution in [0.25, 0.3) is 22.7 Å². The maximum absolute atomic E-state index is 11.2. The normalized spacial score (nSPS) is 11.3. The molecule has 130 valence electrons. The van der Waals surface area contributed by atoms with Crippen molar-refractivity contribution in [3.05, 3.63) is 64.0 Å². The van der Waals surface area contributed by atoms with Gasteiger partial charge >= 0.3 is 5.69 Å². The number of para-hydroxylation sites is 2. The lowest BCUT2D eigenvalue weighted by atomic mass is 10.1. The third-order valence-corrected chi connectivity index (χ3v) is 4.04. The number of hydrogen-bond acceptors (Lipinski definition) is 5. The average molecular weight is 348 g/mol. The van der Waals surface area contributed by atoms with Gasteiger partial charge in [-0.15, -0.1) is 0 Å². The fraction of sp³-hybridized carbons (Fsp3) is 0.158. The molecule has 0 aliphatic rings. The van der Waals surface area contributed by atoms with Gasteiger partial charge in [0.2, 0.25) is 0 Å². The zero-order chi connectivity index (χ0) is 18.7. The second kappa shape index (κ2) is 7.07. The Bertz CT molecular complexity index is 1060. The lowest BCUT2D eigenvalue weighted by molar-refractivity contribution is -0.385. The maximum atomic E-state index is 11.2. The number of hydrogen-bond donors (Lipinski definition) is 0. The second-order valence-corrected chi connectivity index (χ2v) is 5.53. The first-order chi connectivity index (χ1) is 12.6. The van der Waals surface area contributed by atoms with Crippen molar-refractivity contribution in [2.24, 2.45) is 0 Å². The minimum Gasteiger partial charge on any atom is -0.490 e. The molecule has 0 saturated carbocycles. The van der Waals surface area contributed by atoms with Gasteiger partial charge in [0.1, 0.15) is 6.07 Å². The number of nitro groups is 1. The summed E-state index contributed by atoms with van der Waals surface area (Å²) >= 11 is 0. The fourth-order valence-electron chi connectivity index (χ4n) is 2.85. The Labute approximate surface area is 149 Å². The molecule has 0 fully saturated rings. The van der Waals surface area contributed by atoms with E-state index in [0.29, 0.717) is 23.5 Å². The lowest BCUT2D eigenvalue weighted by Crippen LogP contribution is -2.00. The van der Waals surface area contributed by atoms with Crippen molar-refractivity contribution in [3.63, 3.8) is 0 Å². The Kier molecular flexibility index (Phi) is 4.67. The van der Waals surface area contributed by atoms with Gasteiger partial charge in [0.15, 0.2) is 11.6 Å². The molecule has 0 bridgehead atoms. The summed E-state index contributed by atoms with van der Waals surface area (Å²) in [5.41, 5.74) is 2.45. The zero-order valence-electron chi connectivity index (χ0n) is 14.3. The van der Waals surface area contributed by atoms with E-state index in [1.165, 1.54) is 19.2 Å². The molecule has 2 aromatic carbocycles. The van der Waals surface area contributed by atoms with Crippen molar-refractivity contribution >= 4 is 28.4 Å². The van der Waals surface area contributed by atoms with Gasteiger partial charge in [0.05, 0.1) is 28.6 Å². The summed E-state index contributed by atoms with van der Waals surface area (Å²) in [7, 11) is 1.38. The summed E-state index contributed by atoms with van der Waals surface area (Å²) < 4.78 is 6.96. The number of imidazole rings is 1. The van der Waals surface area contributed by atoms with Gasteiger partial charge in [-0.2, -0.15) is 5.26 Å². The van der Waals surface area contributed by atoms with Gasteiger partial charge in [-0.25, -0.2) is 4.98 Å². The van der Waals surface area contributed by atoms with Crippen LogP contribution in [-0.4, -0.2) is 21.6 Å². The quantitative estimate of drug-likeness (QED) is 0.394. The second-order valence-electron chi connectivity index (χ2n) is 5.53. The number of ether oxygens (including phenoxy) is 1. The molecule has 0 aliphatic carbocycles. The summed E-state index contributed by atoms with van der Waals surface area (Å²) in [5.74, 6) is 0.709. The standard InChI is InChI=1S/C19H16N4O3/c1-3-22-16-7-5-4-6-15(16)21-19(22)14(12-20)10-13-8-9-18(26-2)17(11-13)23(24)25/h4-11H,3H2,1-2H3/b14-10-. The molecule has 7 nitrogen and oxygen atoms in total. The smallest absolute Gasteiger partial charge is 0.311 e. The van der Waals surface area contributed by atoms with Crippen molar-refractivity contribution in [1.82, 2.24) is 9.55 Å². The highest BCUT2D eigenvalue weighted by molar-refractivity contribution is 5.91. The predicted octanol–water partition coefficient (Wildman–Crippen LogP) is 4.04. The van der Waals surface area contributed by atoms with Gasteiger partial charge < -0.3 is 9.30 Å². The molecule has 0 N–H and O–H groups in total. The van der Waals surface area contributed by atoms with Crippen LogP contribution in [-0.2, 0) is 6.54 Å². The van der Waals surface area contributed by atoms with Crippen LogP contribution < -0.4 is 4.74 Å². The Morgan fingerprint density at radius 1 is 1.38 bits per heavy atom. The summed E-state index contributed by atoms with van der Waals surface area (Å²) in [6, 6.07) is 14.4. The molecular formula is C19H16N4O3. The van der Waals surface area contributed by atoms with E-state index in [2.05, 4.69) is 11.1 Å². The van der Waals surface area contributed by atoms with Gasteiger partial charge in [-0.05, 0) is 36.8 Å². The first-order valence-electron chi connectivity index (χ1n) is 7.99. The van der Waals surface area contributed by atoms with Gasteiger partial charge in [0, 0.05) is 12.6 Å². The highest BCUT2D eigenvalue weighted by Gasteiger charge is 2.17. The summed E-state index contributed by atoms with van der Waals surface area (Å²) in [6.45, 7) is 2.63. The number of benzene rings is 2. The van der Waals surface area contributed by atoms with E-state index in [1.807, 2.05) is 35.8 Å². The van der Waals surface area contributed by atoms with E-state index in [4.69, 9.17) is 4.74 Å². The number of aromatic nitrogens is 2. The molecule has 0 saturated heterocycles. The minimum atomic E-state index is -0.510. The van der Waals surface area contributed by atoms with Crippen molar-refractivity contribution in [3.8, 4) is 11.8 Å². The number of methoxy groups -OCH3 is 1. The van der Waals surface area contributed by atoms with E-state index in [-0.39, 0.29) is 11.4 Å². The first-order valence-corrected chi connectivity index (χ1v) is 7.99. The van der Waals surface area contributed by atoms with Crippen LogP contribution in [0.2, 0.25) is 0 Å². The molecule has 7 heteroatoms. The van der Waals surface area contributed by atoms with Crippen molar-refractivity contribution in [1.29, 1.82) is 5.26 Å². The van der Waals surface area contributed by atoms with Crippen molar-refractivity contribution in [2.75, 3.05) is 7.11 Å². The van der Waals surface area contributed by atoms with Crippen LogP contribution in [0.1, 0.15) is 18.3 Å². The predicted molar refractivity (Wildman–Crippen MR) is 98.5 cm³/mol. The number of fused-ring (bicyclic) bond motifs is 1. The Hall–Kier alpha value is -3.66. The topological polar surface area (TPSA) is 94.0 Å². The molecule has 0 atom stereocenters. The summed E-state index contributed by atoms with van der Waals surface area (Å²) in [5, 5.41) is 20.8. The van der Waals surface area contributed by atoms with Crippen LogP contribution >= 0.6 is 0 Å². The molecule has 3 rings (SSSR count). The monoisotopic (exact) mass is 348 g/mol. The molecular weight excluding hydrogens is 332 g/mol. The Morgan fingerprint density at radius 2 is 2.15 bits per heavy atom. The molecule has 0 unspecified atom stereocenters. The molecule has 1 heterocycles. The summed E-state index contributed by atoms with van der Waals surface area (Å²) in [6.07, 6.45) is 1.60. The van der Waals surface area contributed by atoms with Crippen molar-refractivity contribution < 1.29 is 9.66 Å². The number of rotatable bonds is 5. The lowest BCUT2D eigenvalue weighted by Gasteiger charge is -2.06. The van der Waals surface area contributed by atoms with Crippen LogP contribution in [0, 0.1) is 21.4 Å². The van der Waals surface area contributed by atoms with Crippen LogP contribution in [0.15, 0.2) is 42.5 Å². The van der Waals surface area contributed by atoms with Gasteiger partial charge in [-0.3, -0.25) is 10.1 Å². The van der Waals surface area contributed by atoms with E-state index in [0.717, 1.165) is 11.0 Å². The van der Waals surface area contributed by atoms with Crippen LogP contribution in [0.3, 0.4) is 0 Å². The molecule has 0 spiro atoms. The molecule has 0 amide bonds. The Balaban J connectivity index is 2.14. The van der Waals surface area contributed by atoms with Gasteiger partial charge in [-0.1, -0.05) is 18.2 Å². The average Bonchev–Trinajstić information content (AvgIpc) is 3.04.